The van der Waals surface area contributed by atoms with Gasteiger partial charge < -0.3 is 5.11 Å². The Balaban J connectivity index is 2.86. The van der Waals surface area contributed by atoms with Gasteiger partial charge in [0, 0.05) is 17.3 Å². The average molecular weight is 426 g/mol. The lowest BCUT2D eigenvalue weighted by Gasteiger charge is -2.15. The van der Waals surface area contributed by atoms with Gasteiger partial charge in [0.25, 0.3) is 0 Å². The molecule has 21 heavy (non-hydrogen) atoms. The van der Waals surface area contributed by atoms with Crippen molar-refractivity contribution in [1.29, 1.82) is 0 Å². The highest BCUT2D eigenvalue weighted by Crippen LogP contribution is 2.49. The van der Waals surface area contributed by atoms with E-state index >= 15 is 0 Å². The van der Waals surface area contributed by atoms with Crippen LogP contribution in [0, 0.1) is 0 Å². The number of nitrogens with zero attached hydrogens (tertiary/aromatic N) is 1. The van der Waals surface area contributed by atoms with E-state index in [9.17, 15) is 5.11 Å². The summed E-state index contributed by atoms with van der Waals surface area (Å²) >= 11 is 42.4. The van der Waals surface area contributed by atoms with Gasteiger partial charge in [-0.15, -0.1) is 0 Å². The molecule has 0 saturated heterocycles. The monoisotopic (exact) mass is 423 g/mol. The molecule has 112 valence electrons. The molecule has 1 aromatic carbocycles. The lowest BCUT2D eigenvalue weighted by molar-refractivity contribution is 0.282. The highest BCUT2D eigenvalue weighted by Gasteiger charge is 2.24. The van der Waals surface area contributed by atoms with Crippen LogP contribution in [0.2, 0.25) is 35.2 Å². The molecule has 0 aliphatic carbocycles. The van der Waals surface area contributed by atoms with E-state index in [0.717, 1.165) is 0 Å². The number of pyridine rings is 1. The molecule has 2 aromatic rings. The van der Waals surface area contributed by atoms with Crippen molar-refractivity contribution in [3.8, 4) is 11.3 Å². The first-order chi connectivity index (χ1) is 9.81. The van der Waals surface area contributed by atoms with E-state index in [-0.39, 0.29) is 58.6 Å². The maximum Gasteiger partial charge on any atom is 0.0924 e. The average Bonchev–Trinajstić information content (AvgIpc) is 2.46. The number of hydrogen-bond acceptors (Lipinski definition) is 2. The van der Waals surface area contributed by atoms with E-state index < -0.39 is 0 Å². The molecule has 2 rings (SSSR count). The molecule has 9 heteroatoms. The van der Waals surface area contributed by atoms with Crippen LogP contribution < -0.4 is 0 Å². The van der Waals surface area contributed by atoms with Gasteiger partial charge in [-0.3, -0.25) is 4.98 Å². The molecule has 1 heterocycles. The number of rotatable bonds is 2. The van der Waals surface area contributed by atoms with Gasteiger partial charge in [0.15, 0.2) is 0 Å². The Bertz CT molecular complexity index is 703. The Hall–Kier alpha value is 0.360. The fraction of sp³-hybridized carbons (Fsp3) is 0.0833. The molecule has 0 unspecified atom stereocenters. The fourth-order valence-electron chi connectivity index (χ4n) is 1.64. The number of benzene rings is 1. The summed E-state index contributed by atoms with van der Waals surface area (Å²) in [6.07, 6.45) is 1.32. The minimum absolute atomic E-state index is 0.0288. The number of aromatic nitrogens is 1. The van der Waals surface area contributed by atoms with Gasteiger partial charge in [-0.2, -0.15) is 0 Å². The SMILES string of the molecule is OCc1c(Cl)cnc(-c2c(Cl)c(Cl)c(Cl)c(Cl)c2Cl)c1Cl. The summed E-state index contributed by atoms with van der Waals surface area (Å²) in [5.41, 5.74) is 0.701. The molecule has 0 aliphatic heterocycles. The molecule has 2 nitrogen and oxygen atoms in total. The zero-order valence-corrected chi connectivity index (χ0v) is 15.1. The Morgan fingerprint density at radius 3 is 1.71 bits per heavy atom. The van der Waals surface area contributed by atoms with E-state index in [4.69, 9.17) is 81.2 Å². The molecule has 0 bridgehead atoms. The predicted octanol–water partition coefficient (Wildman–Crippen LogP) is 6.81. The van der Waals surface area contributed by atoms with E-state index in [1.807, 2.05) is 0 Å². The highest BCUT2D eigenvalue weighted by molar-refractivity contribution is 6.56. The van der Waals surface area contributed by atoms with Crippen LogP contribution in [0.15, 0.2) is 6.20 Å². The summed E-state index contributed by atoms with van der Waals surface area (Å²) in [4.78, 5) is 4.09. The number of aliphatic hydroxyl groups is 1. The summed E-state index contributed by atoms with van der Waals surface area (Å²) in [5.74, 6) is 0. The van der Waals surface area contributed by atoms with Gasteiger partial charge in [-0.05, 0) is 0 Å². The number of halogens is 7. The lowest BCUT2D eigenvalue weighted by Crippen LogP contribution is -1.96. The van der Waals surface area contributed by atoms with E-state index in [1.165, 1.54) is 6.20 Å². The number of hydrogen-bond donors (Lipinski definition) is 1. The third-order valence-electron chi connectivity index (χ3n) is 2.67. The van der Waals surface area contributed by atoms with Gasteiger partial charge >= 0.3 is 0 Å². The molecule has 0 aliphatic rings. The topological polar surface area (TPSA) is 33.1 Å². The second-order valence-electron chi connectivity index (χ2n) is 3.85. The van der Waals surface area contributed by atoms with Crippen molar-refractivity contribution < 1.29 is 5.11 Å². The minimum atomic E-state index is -0.378. The molecule has 0 spiro atoms. The van der Waals surface area contributed by atoms with Crippen molar-refractivity contribution in [1.82, 2.24) is 4.98 Å². The maximum atomic E-state index is 9.33. The summed E-state index contributed by atoms with van der Waals surface area (Å²) < 4.78 is 0. The molecule has 1 aromatic heterocycles. The second-order valence-corrected chi connectivity index (χ2v) is 6.53. The largest absolute Gasteiger partial charge is 0.392 e. The quantitative estimate of drug-likeness (QED) is 0.423. The van der Waals surface area contributed by atoms with Crippen LogP contribution in [0.5, 0.6) is 0 Å². The minimum Gasteiger partial charge on any atom is -0.392 e. The van der Waals surface area contributed by atoms with Crippen LogP contribution >= 0.6 is 81.2 Å². The Morgan fingerprint density at radius 2 is 1.24 bits per heavy atom. The van der Waals surface area contributed by atoms with Crippen LogP contribution in [0.4, 0.5) is 0 Å². The smallest absolute Gasteiger partial charge is 0.0924 e. The van der Waals surface area contributed by atoms with Gasteiger partial charge in [0.1, 0.15) is 0 Å². The van der Waals surface area contributed by atoms with Crippen molar-refractivity contribution >= 4 is 81.2 Å². The van der Waals surface area contributed by atoms with E-state index in [0.29, 0.717) is 0 Å². The molecular formula is C12H4Cl7NO. The first-order valence-electron chi connectivity index (χ1n) is 5.26. The van der Waals surface area contributed by atoms with Crippen LogP contribution in [0.3, 0.4) is 0 Å². The molecule has 0 atom stereocenters. The molecule has 0 amide bonds. The zero-order valence-electron chi connectivity index (χ0n) is 9.82. The molecular weight excluding hydrogens is 422 g/mol. The van der Waals surface area contributed by atoms with Gasteiger partial charge in [-0.25, -0.2) is 0 Å². The van der Waals surface area contributed by atoms with Crippen molar-refractivity contribution in [2.75, 3.05) is 0 Å². The van der Waals surface area contributed by atoms with Crippen LogP contribution in [0.25, 0.3) is 11.3 Å². The van der Waals surface area contributed by atoms with Crippen LogP contribution in [0.1, 0.15) is 5.56 Å². The summed E-state index contributed by atoms with van der Waals surface area (Å²) in [7, 11) is 0. The first-order valence-corrected chi connectivity index (χ1v) is 7.91. The van der Waals surface area contributed by atoms with E-state index in [2.05, 4.69) is 4.98 Å². The van der Waals surface area contributed by atoms with Crippen molar-refractivity contribution in [2.45, 2.75) is 6.61 Å². The molecule has 1 N–H and O–H groups in total. The third-order valence-corrected chi connectivity index (χ3v) is 5.68. The summed E-state index contributed by atoms with van der Waals surface area (Å²) in [5, 5.41) is 9.83. The standard InChI is InChI=1S/C12H4Cl7NO/c13-4-1-20-12(6(14)3(4)2-21)5-7(15)9(17)11(19)10(18)8(5)16/h1,21H,2H2. The molecule has 0 radical (unpaired) electrons. The predicted molar refractivity (Wildman–Crippen MR) is 90.7 cm³/mol. The highest BCUT2D eigenvalue weighted by atomic mass is 35.5. The van der Waals surface area contributed by atoms with Crippen LogP contribution in [-0.2, 0) is 6.61 Å². The Labute approximate surface area is 155 Å². The third kappa shape index (κ3) is 3.06. The Morgan fingerprint density at radius 1 is 0.762 bits per heavy atom. The van der Waals surface area contributed by atoms with Gasteiger partial charge in [0.05, 0.1) is 47.5 Å². The number of aliphatic hydroxyl groups excluding tert-OH is 1. The molecule has 0 fully saturated rings. The maximum absolute atomic E-state index is 9.33. The summed E-state index contributed by atoms with van der Waals surface area (Å²) in [6.45, 7) is -0.378. The van der Waals surface area contributed by atoms with Crippen molar-refractivity contribution in [2.24, 2.45) is 0 Å². The summed E-state index contributed by atoms with van der Waals surface area (Å²) in [6, 6.07) is 0. The first kappa shape index (κ1) is 17.7. The van der Waals surface area contributed by atoms with Crippen LogP contribution in [-0.4, -0.2) is 10.1 Å². The zero-order chi connectivity index (χ0) is 15.9. The second kappa shape index (κ2) is 6.86. The van der Waals surface area contributed by atoms with Crippen molar-refractivity contribution in [3.63, 3.8) is 0 Å². The Kier molecular flexibility index (Phi) is 5.78. The normalized spacial score (nSPS) is 11.0. The van der Waals surface area contributed by atoms with Gasteiger partial charge in [0.2, 0.25) is 0 Å². The van der Waals surface area contributed by atoms with Crippen molar-refractivity contribution in [3.05, 3.63) is 46.9 Å². The lowest BCUT2D eigenvalue weighted by atomic mass is 10.1. The van der Waals surface area contributed by atoms with E-state index in [1.54, 1.807) is 0 Å². The molecule has 0 saturated carbocycles. The fourth-order valence-corrected chi connectivity index (χ4v) is 3.51. The van der Waals surface area contributed by atoms with Gasteiger partial charge in [-0.1, -0.05) is 81.2 Å².